The molecule has 0 aromatic heterocycles. The molecule has 10 heavy (non-hydrogen) atoms. The van der Waals surface area contributed by atoms with Gasteiger partial charge >= 0.3 is 0 Å². The lowest BCUT2D eigenvalue weighted by molar-refractivity contribution is -0.113. The summed E-state index contributed by atoms with van der Waals surface area (Å²) >= 11 is 0. The van der Waals surface area contributed by atoms with E-state index in [9.17, 15) is 4.79 Å². The van der Waals surface area contributed by atoms with Crippen LogP contribution in [-0.2, 0) is 4.79 Å². The molecule has 1 heteroatoms. The quantitative estimate of drug-likeness (QED) is 0.432. The maximum atomic E-state index is 10.7. The van der Waals surface area contributed by atoms with E-state index in [1.165, 1.54) is 0 Å². The molecule has 0 aliphatic heterocycles. The van der Waals surface area contributed by atoms with Crippen molar-refractivity contribution in [1.82, 2.24) is 0 Å². The number of Topliss-reactive ketones (excluding diaryl/α,β-unsaturated/α-hetero) is 1. The first-order chi connectivity index (χ1) is 4.57. The van der Waals surface area contributed by atoms with Gasteiger partial charge in [-0.05, 0) is 25.8 Å². The van der Waals surface area contributed by atoms with Gasteiger partial charge in [-0.3, -0.25) is 4.79 Å². The molecule has 0 bridgehead atoms. The fourth-order valence-corrected chi connectivity index (χ4v) is 0.510. The Balaban J connectivity index is 4.16. The molecule has 0 unspecified atom stereocenters. The molecule has 0 rings (SSSR count). The lowest BCUT2D eigenvalue weighted by atomic mass is 10.1. The first-order valence-electron chi connectivity index (χ1n) is 3.45. The Morgan fingerprint density at radius 3 is 2.30 bits per heavy atom. The standard InChI is InChI=1S/C9H14O/c1-5-7(2)6-8(3)9(4)10/h6H,2,5H2,1,3-4H3/b8-6+. The van der Waals surface area contributed by atoms with Gasteiger partial charge in [0.1, 0.15) is 0 Å². The third-order valence-corrected chi connectivity index (χ3v) is 1.43. The van der Waals surface area contributed by atoms with Gasteiger partial charge in [-0.25, -0.2) is 0 Å². The zero-order valence-corrected chi connectivity index (χ0v) is 6.90. The van der Waals surface area contributed by atoms with Crippen LogP contribution >= 0.6 is 0 Å². The Hall–Kier alpha value is -0.850. The molecule has 0 heterocycles. The highest BCUT2D eigenvalue weighted by molar-refractivity contribution is 5.93. The minimum atomic E-state index is 0.120. The van der Waals surface area contributed by atoms with Crippen molar-refractivity contribution in [1.29, 1.82) is 0 Å². The summed E-state index contributed by atoms with van der Waals surface area (Å²) in [4.78, 5) is 10.7. The number of carbonyl (C=O) groups is 1. The monoisotopic (exact) mass is 138 g/mol. The smallest absolute Gasteiger partial charge is 0.155 e. The van der Waals surface area contributed by atoms with E-state index in [1.54, 1.807) is 6.92 Å². The molecule has 0 N–H and O–H groups in total. The summed E-state index contributed by atoms with van der Waals surface area (Å²) < 4.78 is 0. The molecule has 0 amide bonds. The van der Waals surface area contributed by atoms with E-state index >= 15 is 0 Å². The van der Waals surface area contributed by atoms with Crippen molar-refractivity contribution >= 4 is 5.78 Å². The predicted molar refractivity (Wildman–Crippen MR) is 43.9 cm³/mol. The van der Waals surface area contributed by atoms with Crippen molar-refractivity contribution in [3.8, 4) is 0 Å². The van der Waals surface area contributed by atoms with Crippen LogP contribution in [0.3, 0.4) is 0 Å². The van der Waals surface area contributed by atoms with E-state index in [0.717, 1.165) is 17.6 Å². The van der Waals surface area contributed by atoms with Crippen LogP contribution in [-0.4, -0.2) is 5.78 Å². The third kappa shape index (κ3) is 3.23. The summed E-state index contributed by atoms with van der Waals surface area (Å²) in [7, 11) is 0. The third-order valence-electron chi connectivity index (χ3n) is 1.43. The molecule has 0 aromatic rings. The number of allylic oxidation sites excluding steroid dienone is 3. The van der Waals surface area contributed by atoms with Gasteiger partial charge in [-0.15, -0.1) is 0 Å². The van der Waals surface area contributed by atoms with E-state index < -0.39 is 0 Å². The molecular formula is C9H14O. The van der Waals surface area contributed by atoms with Gasteiger partial charge in [-0.1, -0.05) is 25.2 Å². The number of rotatable bonds is 3. The Morgan fingerprint density at radius 2 is 2.00 bits per heavy atom. The zero-order valence-electron chi connectivity index (χ0n) is 6.90. The van der Waals surface area contributed by atoms with Crippen molar-refractivity contribution < 1.29 is 4.79 Å². The molecule has 0 aromatic carbocycles. The molecule has 0 saturated carbocycles. The van der Waals surface area contributed by atoms with E-state index in [2.05, 4.69) is 6.58 Å². The van der Waals surface area contributed by atoms with Gasteiger partial charge in [0.2, 0.25) is 0 Å². The van der Waals surface area contributed by atoms with Gasteiger partial charge in [-0.2, -0.15) is 0 Å². The number of hydrogen-bond acceptors (Lipinski definition) is 1. The molecule has 0 saturated heterocycles. The molecule has 0 atom stereocenters. The van der Waals surface area contributed by atoms with Crippen LogP contribution in [0.4, 0.5) is 0 Å². The highest BCUT2D eigenvalue weighted by Gasteiger charge is 1.94. The van der Waals surface area contributed by atoms with Crippen molar-refractivity contribution in [3.63, 3.8) is 0 Å². The molecular weight excluding hydrogens is 124 g/mol. The normalized spacial score (nSPS) is 11.3. The van der Waals surface area contributed by atoms with Crippen LogP contribution in [0.2, 0.25) is 0 Å². The van der Waals surface area contributed by atoms with Crippen molar-refractivity contribution in [3.05, 3.63) is 23.8 Å². The minimum absolute atomic E-state index is 0.120. The van der Waals surface area contributed by atoms with Gasteiger partial charge < -0.3 is 0 Å². The summed E-state index contributed by atoms with van der Waals surface area (Å²) in [5.74, 6) is 0.120. The Kier molecular flexibility index (Phi) is 3.70. The highest BCUT2D eigenvalue weighted by atomic mass is 16.1. The van der Waals surface area contributed by atoms with Gasteiger partial charge in [0.25, 0.3) is 0 Å². The van der Waals surface area contributed by atoms with Crippen molar-refractivity contribution in [2.75, 3.05) is 0 Å². The maximum absolute atomic E-state index is 10.7. The van der Waals surface area contributed by atoms with Crippen LogP contribution in [0.15, 0.2) is 23.8 Å². The van der Waals surface area contributed by atoms with E-state index in [-0.39, 0.29) is 5.78 Å². The predicted octanol–water partition coefficient (Wildman–Crippen LogP) is 2.49. The van der Waals surface area contributed by atoms with Gasteiger partial charge in [0, 0.05) is 0 Å². The molecule has 0 spiro atoms. The Labute approximate surface area is 62.4 Å². The largest absolute Gasteiger partial charge is 0.295 e. The fraction of sp³-hybridized carbons (Fsp3) is 0.444. The number of hydrogen-bond donors (Lipinski definition) is 0. The van der Waals surface area contributed by atoms with Crippen LogP contribution in [0.5, 0.6) is 0 Å². The maximum Gasteiger partial charge on any atom is 0.155 e. The average molecular weight is 138 g/mol. The highest BCUT2D eigenvalue weighted by Crippen LogP contribution is 2.03. The second-order valence-corrected chi connectivity index (χ2v) is 2.40. The van der Waals surface area contributed by atoms with E-state index in [4.69, 9.17) is 0 Å². The summed E-state index contributed by atoms with van der Waals surface area (Å²) in [6.07, 6.45) is 2.74. The molecule has 1 nitrogen and oxygen atoms in total. The second-order valence-electron chi connectivity index (χ2n) is 2.40. The number of ketones is 1. The molecule has 0 aliphatic carbocycles. The molecule has 0 aliphatic rings. The van der Waals surface area contributed by atoms with Crippen LogP contribution < -0.4 is 0 Å². The van der Waals surface area contributed by atoms with Crippen molar-refractivity contribution in [2.24, 2.45) is 0 Å². The Bertz CT molecular complexity index is 175. The van der Waals surface area contributed by atoms with Crippen molar-refractivity contribution in [2.45, 2.75) is 27.2 Å². The van der Waals surface area contributed by atoms with Crippen LogP contribution in [0.1, 0.15) is 27.2 Å². The van der Waals surface area contributed by atoms with E-state index in [1.807, 2.05) is 19.9 Å². The van der Waals surface area contributed by atoms with Gasteiger partial charge in [0.05, 0.1) is 0 Å². The molecule has 56 valence electrons. The minimum Gasteiger partial charge on any atom is -0.295 e. The lowest BCUT2D eigenvalue weighted by Crippen LogP contribution is -1.91. The lowest BCUT2D eigenvalue weighted by Gasteiger charge is -1.95. The Morgan fingerprint density at radius 1 is 1.50 bits per heavy atom. The first-order valence-corrected chi connectivity index (χ1v) is 3.45. The topological polar surface area (TPSA) is 17.1 Å². The van der Waals surface area contributed by atoms with Gasteiger partial charge in [0.15, 0.2) is 5.78 Å². The second kappa shape index (κ2) is 4.04. The number of carbonyl (C=O) groups excluding carboxylic acids is 1. The summed E-state index contributed by atoms with van der Waals surface area (Å²) in [5, 5.41) is 0. The zero-order chi connectivity index (χ0) is 8.15. The SMILES string of the molecule is C=C(/C=C(\C)C(C)=O)CC. The van der Waals surface area contributed by atoms with E-state index in [0.29, 0.717) is 0 Å². The van der Waals surface area contributed by atoms with Crippen LogP contribution in [0, 0.1) is 0 Å². The molecule has 0 fully saturated rings. The molecule has 0 radical (unpaired) electrons. The first kappa shape index (κ1) is 9.15. The average Bonchev–Trinajstić information content (AvgIpc) is 1.87. The summed E-state index contributed by atoms with van der Waals surface area (Å²) in [5.41, 5.74) is 1.79. The fourth-order valence-electron chi connectivity index (χ4n) is 0.510. The van der Waals surface area contributed by atoms with Crippen LogP contribution in [0.25, 0.3) is 0 Å². The summed E-state index contributed by atoms with van der Waals surface area (Å²) in [6, 6.07) is 0. The summed E-state index contributed by atoms with van der Waals surface area (Å²) in [6.45, 7) is 9.16.